The molecule has 1 saturated heterocycles. The molecule has 0 bridgehead atoms. The molecule has 0 unspecified atom stereocenters. The van der Waals surface area contributed by atoms with Crippen molar-refractivity contribution >= 4 is 5.91 Å². The van der Waals surface area contributed by atoms with Gasteiger partial charge in [-0.2, -0.15) is 5.26 Å². The van der Waals surface area contributed by atoms with Gasteiger partial charge in [-0.15, -0.1) is 0 Å². The number of ether oxygens (including phenoxy) is 1. The molecule has 1 aliphatic heterocycles. The molecular formula is C16H21N3O2. The van der Waals surface area contributed by atoms with Gasteiger partial charge in [0.05, 0.1) is 5.56 Å². The van der Waals surface area contributed by atoms with E-state index < -0.39 is 0 Å². The summed E-state index contributed by atoms with van der Waals surface area (Å²) >= 11 is 0. The van der Waals surface area contributed by atoms with Gasteiger partial charge in [-0.05, 0) is 38.1 Å². The Morgan fingerprint density at radius 2 is 2.14 bits per heavy atom. The number of nitrogens with one attached hydrogen (secondary N) is 1. The van der Waals surface area contributed by atoms with Crippen LogP contribution in [0.25, 0.3) is 0 Å². The van der Waals surface area contributed by atoms with Crippen molar-refractivity contribution in [1.82, 2.24) is 10.2 Å². The molecule has 0 aromatic heterocycles. The highest BCUT2D eigenvalue weighted by atomic mass is 16.5. The Hall–Kier alpha value is -2.06. The molecule has 1 N–H and O–H groups in total. The fourth-order valence-electron chi connectivity index (χ4n) is 2.59. The minimum absolute atomic E-state index is 0.145. The summed E-state index contributed by atoms with van der Waals surface area (Å²) in [6.07, 6.45) is 1.79. The maximum atomic E-state index is 11.6. The number of benzene rings is 1. The van der Waals surface area contributed by atoms with Crippen LogP contribution in [0.15, 0.2) is 24.3 Å². The number of para-hydroxylation sites is 1. The van der Waals surface area contributed by atoms with Crippen molar-refractivity contribution in [1.29, 1.82) is 5.26 Å². The van der Waals surface area contributed by atoms with Gasteiger partial charge in [0.1, 0.15) is 18.4 Å². The quantitative estimate of drug-likeness (QED) is 0.889. The summed E-state index contributed by atoms with van der Waals surface area (Å²) in [5, 5.41) is 11.7. The van der Waals surface area contributed by atoms with Gasteiger partial charge in [0.2, 0.25) is 5.91 Å². The minimum Gasteiger partial charge on any atom is -0.491 e. The minimum atomic E-state index is 0.145. The molecule has 1 heterocycles. The molecule has 1 amide bonds. The predicted octanol–water partition coefficient (Wildman–Crippen LogP) is 1.40. The molecule has 0 radical (unpaired) electrons. The lowest BCUT2D eigenvalue weighted by Crippen LogP contribution is -2.41. The van der Waals surface area contributed by atoms with Crippen LogP contribution in [0.2, 0.25) is 0 Å². The summed E-state index contributed by atoms with van der Waals surface area (Å²) < 4.78 is 5.68. The van der Waals surface area contributed by atoms with E-state index in [1.807, 2.05) is 18.2 Å². The van der Waals surface area contributed by atoms with Crippen LogP contribution in [0.4, 0.5) is 0 Å². The lowest BCUT2D eigenvalue weighted by Gasteiger charge is -2.30. The summed E-state index contributed by atoms with van der Waals surface area (Å²) in [5.41, 5.74) is 0.566. The highest BCUT2D eigenvalue weighted by Crippen LogP contribution is 2.18. The van der Waals surface area contributed by atoms with E-state index in [1.54, 1.807) is 13.1 Å². The van der Waals surface area contributed by atoms with Crippen molar-refractivity contribution in [3.8, 4) is 11.8 Å². The number of piperidine rings is 1. The van der Waals surface area contributed by atoms with E-state index in [4.69, 9.17) is 10.00 Å². The van der Waals surface area contributed by atoms with Gasteiger partial charge in [0.15, 0.2) is 0 Å². The Labute approximate surface area is 125 Å². The number of carbonyl (C=O) groups is 1. The van der Waals surface area contributed by atoms with Crippen LogP contribution in [0.3, 0.4) is 0 Å². The molecule has 2 rings (SSSR count). The molecule has 112 valence electrons. The summed E-state index contributed by atoms with van der Waals surface area (Å²) in [6.45, 7) is 3.21. The molecule has 1 aromatic carbocycles. The number of amides is 1. The third-order valence-corrected chi connectivity index (χ3v) is 3.88. The van der Waals surface area contributed by atoms with Gasteiger partial charge < -0.3 is 10.1 Å². The number of likely N-dealkylation sites (tertiary alicyclic amines) is 1. The first kappa shape index (κ1) is 15.3. The average molecular weight is 287 g/mol. The molecule has 0 spiro atoms. The predicted molar refractivity (Wildman–Crippen MR) is 79.9 cm³/mol. The summed E-state index contributed by atoms with van der Waals surface area (Å²) in [6, 6.07) is 9.39. The topological polar surface area (TPSA) is 65.4 Å². The number of carbonyl (C=O) groups excluding carboxylic acids is 1. The van der Waals surface area contributed by atoms with Crippen molar-refractivity contribution in [3.63, 3.8) is 0 Å². The number of hydrogen-bond acceptors (Lipinski definition) is 4. The maximum absolute atomic E-state index is 11.6. The van der Waals surface area contributed by atoms with Gasteiger partial charge in [-0.3, -0.25) is 9.69 Å². The van der Waals surface area contributed by atoms with Crippen LogP contribution in [0.1, 0.15) is 18.4 Å². The highest BCUT2D eigenvalue weighted by Gasteiger charge is 2.23. The van der Waals surface area contributed by atoms with E-state index in [0.717, 1.165) is 32.5 Å². The Balaban J connectivity index is 1.73. The van der Waals surface area contributed by atoms with Crippen molar-refractivity contribution in [3.05, 3.63) is 29.8 Å². The molecule has 1 aliphatic rings. The number of nitrogens with zero attached hydrogens (tertiary/aromatic N) is 2. The zero-order valence-corrected chi connectivity index (χ0v) is 12.3. The van der Waals surface area contributed by atoms with Gasteiger partial charge >= 0.3 is 0 Å². The van der Waals surface area contributed by atoms with Gasteiger partial charge in [-0.25, -0.2) is 0 Å². The lowest BCUT2D eigenvalue weighted by atomic mass is 9.96. The molecule has 0 atom stereocenters. The monoisotopic (exact) mass is 287 g/mol. The fraction of sp³-hybridized carbons (Fsp3) is 0.500. The Bertz CT molecular complexity index is 516. The molecule has 5 heteroatoms. The van der Waals surface area contributed by atoms with Crippen molar-refractivity contribution in [2.75, 3.05) is 33.3 Å². The van der Waals surface area contributed by atoms with Crippen molar-refractivity contribution in [2.24, 2.45) is 5.92 Å². The number of rotatable bonds is 5. The van der Waals surface area contributed by atoms with E-state index in [2.05, 4.69) is 16.3 Å². The number of nitriles is 1. The molecule has 1 aromatic rings. The van der Waals surface area contributed by atoms with Crippen LogP contribution in [-0.4, -0.2) is 44.1 Å². The van der Waals surface area contributed by atoms with Crippen LogP contribution < -0.4 is 10.1 Å². The smallest absolute Gasteiger partial charge is 0.222 e. The molecule has 5 nitrogen and oxygen atoms in total. The first-order valence-electron chi connectivity index (χ1n) is 7.30. The SMILES string of the molecule is CNC(=O)C1CCN(CCOc2ccccc2C#N)CC1. The average Bonchev–Trinajstić information content (AvgIpc) is 2.55. The van der Waals surface area contributed by atoms with E-state index >= 15 is 0 Å². The lowest BCUT2D eigenvalue weighted by molar-refractivity contribution is -0.125. The van der Waals surface area contributed by atoms with Gasteiger partial charge in [-0.1, -0.05) is 12.1 Å². The first-order chi connectivity index (χ1) is 10.2. The summed E-state index contributed by atoms with van der Waals surface area (Å²) in [7, 11) is 1.69. The summed E-state index contributed by atoms with van der Waals surface area (Å²) in [5.74, 6) is 0.931. The van der Waals surface area contributed by atoms with Crippen molar-refractivity contribution < 1.29 is 9.53 Å². The second-order valence-electron chi connectivity index (χ2n) is 5.19. The Morgan fingerprint density at radius 1 is 1.43 bits per heavy atom. The van der Waals surface area contributed by atoms with Crippen LogP contribution in [0.5, 0.6) is 5.75 Å². The largest absolute Gasteiger partial charge is 0.491 e. The molecule has 1 fully saturated rings. The van der Waals surface area contributed by atoms with Crippen LogP contribution in [-0.2, 0) is 4.79 Å². The summed E-state index contributed by atoms with van der Waals surface area (Å²) in [4.78, 5) is 13.9. The van der Waals surface area contributed by atoms with E-state index in [-0.39, 0.29) is 11.8 Å². The molecule has 0 saturated carbocycles. The van der Waals surface area contributed by atoms with E-state index in [0.29, 0.717) is 17.9 Å². The molecular weight excluding hydrogens is 266 g/mol. The maximum Gasteiger partial charge on any atom is 0.222 e. The Morgan fingerprint density at radius 3 is 2.81 bits per heavy atom. The third-order valence-electron chi connectivity index (χ3n) is 3.88. The Kier molecular flexibility index (Phi) is 5.59. The van der Waals surface area contributed by atoms with Crippen molar-refractivity contribution in [2.45, 2.75) is 12.8 Å². The molecule has 21 heavy (non-hydrogen) atoms. The van der Waals surface area contributed by atoms with E-state index in [9.17, 15) is 4.79 Å². The molecule has 0 aliphatic carbocycles. The first-order valence-corrected chi connectivity index (χ1v) is 7.30. The highest BCUT2D eigenvalue weighted by molar-refractivity contribution is 5.78. The van der Waals surface area contributed by atoms with E-state index in [1.165, 1.54) is 0 Å². The second kappa shape index (κ2) is 7.65. The standard InChI is InChI=1S/C16H21N3O2/c1-18-16(20)13-6-8-19(9-7-13)10-11-21-15-5-3-2-4-14(15)12-17/h2-5,13H,6-11H2,1H3,(H,18,20). The zero-order valence-electron chi connectivity index (χ0n) is 12.3. The third kappa shape index (κ3) is 4.20. The normalized spacial score (nSPS) is 16.2. The second-order valence-corrected chi connectivity index (χ2v) is 5.19. The van der Waals surface area contributed by atoms with Crippen LogP contribution >= 0.6 is 0 Å². The fourth-order valence-corrected chi connectivity index (χ4v) is 2.59. The van der Waals surface area contributed by atoms with Gasteiger partial charge in [0.25, 0.3) is 0 Å². The number of hydrogen-bond donors (Lipinski definition) is 1. The van der Waals surface area contributed by atoms with Crippen LogP contribution in [0, 0.1) is 17.2 Å². The zero-order chi connectivity index (χ0) is 15.1. The van der Waals surface area contributed by atoms with Gasteiger partial charge in [0, 0.05) is 19.5 Å².